The molecule has 2 rings (SSSR count). The Morgan fingerprint density at radius 2 is 1.75 bits per heavy atom. The molecule has 0 aromatic heterocycles. The lowest BCUT2D eigenvalue weighted by Crippen LogP contribution is -2.53. The summed E-state index contributed by atoms with van der Waals surface area (Å²) in [6, 6.07) is 14.0. The maximum Gasteiger partial charge on any atom is 0.306 e. The monoisotopic (exact) mass is 461 g/mol. The van der Waals surface area contributed by atoms with Crippen LogP contribution in [0, 0.1) is 5.41 Å². The fourth-order valence-corrected chi connectivity index (χ4v) is 3.92. The van der Waals surface area contributed by atoms with Gasteiger partial charge in [-0.2, -0.15) is 0 Å². The number of carbonyl (C=O) groups is 3. The first-order valence-electron chi connectivity index (χ1n) is 9.31. The van der Waals surface area contributed by atoms with Crippen molar-refractivity contribution in [1.82, 2.24) is 10.6 Å². The van der Waals surface area contributed by atoms with E-state index in [1.54, 1.807) is 30.3 Å². The molecule has 11 nitrogen and oxygen atoms in total. The Morgan fingerprint density at radius 1 is 1.06 bits per heavy atom. The van der Waals surface area contributed by atoms with E-state index in [-0.39, 0.29) is 11.5 Å². The predicted molar refractivity (Wildman–Crippen MR) is 118 cm³/mol. The number of anilines is 1. The molecule has 0 fully saturated rings. The molecular weight excluding hydrogens is 438 g/mol. The van der Waals surface area contributed by atoms with Gasteiger partial charge in [-0.25, -0.2) is 8.42 Å². The highest BCUT2D eigenvalue weighted by Gasteiger charge is 2.37. The smallest absolute Gasteiger partial charge is 0.306 e. The lowest BCUT2D eigenvalue weighted by atomic mass is 9.88. The van der Waals surface area contributed by atoms with Crippen LogP contribution in [0.15, 0.2) is 54.6 Å². The number of nitrogens with one attached hydrogen (secondary N) is 4. The molecule has 2 aromatic rings. The van der Waals surface area contributed by atoms with Gasteiger partial charge in [-0.15, -0.1) is 0 Å². The average Bonchev–Trinajstić information content (AvgIpc) is 2.71. The number of thiol groups is 1. The number of hydrogen-bond donors (Lipinski definition) is 7. The van der Waals surface area contributed by atoms with Gasteiger partial charge in [0.2, 0.25) is 5.91 Å². The molecule has 0 saturated heterocycles. The van der Waals surface area contributed by atoms with E-state index in [9.17, 15) is 27.9 Å². The second-order valence-corrected chi connectivity index (χ2v) is 7.84. The van der Waals surface area contributed by atoms with Crippen molar-refractivity contribution in [2.24, 2.45) is 5.73 Å². The topological polar surface area (TPSA) is 192 Å². The molecule has 0 spiro atoms. The van der Waals surface area contributed by atoms with E-state index in [1.807, 2.05) is 0 Å². The van der Waals surface area contributed by atoms with Crippen molar-refractivity contribution in [3.05, 3.63) is 65.7 Å². The van der Waals surface area contributed by atoms with Gasteiger partial charge in [0.1, 0.15) is 10.7 Å². The van der Waals surface area contributed by atoms with Crippen molar-refractivity contribution in [1.29, 1.82) is 5.41 Å². The summed E-state index contributed by atoms with van der Waals surface area (Å²) in [4.78, 5) is 36.4. The summed E-state index contributed by atoms with van der Waals surface area (Å²) < 4.78 is 23.0. The molecule has 0 saturated carbocycles. The summed E-state index contributed by atoms with van der Waals surface area (Å²) in [6.45, 7) is -0.521. The Bertz CT molecular complexity index is 1080. The third-order valence-corrected chi connectivity index (χ3v) is 5.17. The number of hydrogen-bond acceptors (Lipinski definition) is 6. The van der Waals surface area contributed by atoms with Gasteiger partial charge in [0, 0.05) is 11.3 Å². The Balaban J connectivity index is 2.17. The summed E-state index contributed by atoms with van der Waals surface area (Å²) in [5, 5.41) is 24.0. The van der Waals surface area contributed by atoms with Crippen LogP contribution in [0.3, 0.4) is 0 Å². The van der Waals surface area contributed by atoms with Crippen molar-refractivity contribution in [3.63, 3.8) is 0 Å². The summed E-state index contributed by atoms with van der Waals surface area (Å²) in [6.07, 6.45) is -0.668. The lowest BCUT2D eigenvalue weighted by Gasteiger charge is -2.32. The minimum absolute atomic E-state index is 0.187. The maximum atomic E-state index is 12.6. The number of aliphatic carboxylic acids is 1. The fraction of sp³-hybridized carbons (Fsp3) is 0.200. The molecule has 2 aromatic carbocycles. The highest BCUT2D eigenvalue weighted by molar-refractivity contribution is 7.72. The van der Waals surface area contributed by atoms with Crippen LogP contribution in [0.25, 0.3) is 0 Å². The Morgan fingerprint density at radius 3 is 2.34 bits per heavy atom. The normalized spacial score (nSPS) is 12.4. The molecule has 0 bridgehead atoms. The first-order chi connectivity index (χ1) is 15.1. The van der Waals surface area contributed by atoms with E-state index < -0.39 is 52.7 Å². The molecule has 0 aliphatic rings. The molecule has 0 aliphatic heterocycles. The van der Waals surface area contributed by atoms with Crippen LogP contribution in [-0.2, 0) is 25.8 Å². The highest BCUT2D eigenvalue weighted by Crippen LogP contribution is 2.26. The van der Waals surface area contributed by atoms with Crippen molar-refractivity contribution in [2.45, 2.75) is 12.0 Å². The van der Waals surface area contributed by atoms with Crippen molar-refractivity contribution in [2.75, 3.05) is 17.6 Å². The predicted octanol–water partition coefficient (Wildman–Crippen LogP) is -0.180. The van der Waals surface area contributed by atoms with Crippen LogP contribution >= 0.6 is 0 Å². The molecule has 32 heavy (non-hydrogen) atoms. The average molecular weight is 462 g/mol. The number of carboxylic acid groups (broad SMARTS) is 1. The van der Waals surface area contributed by atoms with Gasteiger partial charge in [0.15, 0.2) is 5.96 Å². The van der Waals surface area contributed by atoms with Gasteiger partial charge in [0.05, 0.1) is 24.3 Å². The van der Waals surface area contributed by atoms with Gasteiger partial charge in [-0.05, 0) is 23.8 Å². The van der Waals surface area contributed by atoms with Gasteiger partial charge >= 0.3 is 5.97 Å². The number of guanidine groups is 1. The number of carboxylic acids is 1. The largest absolute Gasteiger partial charge is 0.481 e. The Hall–Kier alpha value is -3.93. The summed E-state index contributed by atoms with van der Waals surface area (Å²) in [5.41, 5.74) is 4.46. The lowest BCUT2D eigenvalue weighted by molar-refractivity contribution is -0.139. The molecule has 7 N–H and O–H groups in total. The third kappa shape index (κ3) is 7.09. The number of benzene rings is 2. The number of rotatable bonds is 10. The second-order valence-electron chi connectivity index (χ2n) is 6.86. The molecule has 2 amide bonds. The minimum Gasteiger partial charge on any atom is -0.481 e. The molecule has 1 atom stereocenters. The summed E-state index contributed by atoms with van der Waals surface area (Å²) in [7, 11) is -3.04. The van der Waals surface area contributed by atoms with Crippen LogP contribution in [0.1, 0.15) is 22.3 Å². The van der Waals surface area contributed by atoms with Crippen LogP contribution in [0.4, 0.5) is 5.69 Å². The highest BCUT2D eigenvalue weighted by atomic mass is 32.2. The first kappa shape index (κ1) is 24.3. The number of nitrogens with two attached hydrogens (primary N) is 1. The van der Waals surface area contributed by atoms with E-state index in [0.29, 0.717) is 11.3 Å². The van der Waals surface area contributed by atoms with Crippen LogP contribution in [0.5, 0.6) is 0 Å². The molecule has 170 valence electrons. The number of carbonyl (C=O) groups excluding carboxylic acids is 2. The fourth-order valence-electron chi connectivity index (χ4n) is 3.11. The van der Waals surface area contributed by atoms with E-state index in [2.05, 4.69) is 16.0 Å². The number of amides is 2. The van der Waals surface area contributed by atoms with Crippen molar-refractivity contribution in [3.8, 4) is 0 Å². The first-order valence-corrected chi connectivity index (χ1v) is 10.7. The van der Waals surface area contributed by atoms with Gasteiger partial charge in [0.25, 0.3) is 5.91 Å². The van der Waals surface area contributed by atoms with Crippen LogP contribution < -0.4 is 21.7 Å². The van der Waals surface area contributed by atoms with E-state index in [4.69, 9.17) is 11.1 Å². The van der Waals surface area contributed by atoms with E-state index in [1.165, 1.54) is 24.3 Å². The van der Waals surface area contributed by atoms with Crippen molar-refractivity contribution < 1.29 is 27.9 Å². The van der Waals surface area contributed by atoms with Gasteiger partial charge in [-0.3, -0.25) is 19.8 Å². The molecule has 0 aliphatic carbocycles. The van der Waals surface area contributed by atoms with E-state index in [0.717, 1.165) is 0 Å². The van der Waals surface area contributed by atoms with Crippen LogP contribution in [-0.4, -0.2) is 49.6 Å². The zero-order chi connectivity index (χ0) is 23.7. The Labute approximate surface area is 185 Å². The summed E-state index contributed by atoms with van der Waals surface area (Å²) in [5.74, 6) is -3.61. The zero-order valence-corrected chi connectivity index (χ0v) is 17.7. The summed E-state index contributed by atoms with van der Waals surface area (Å²) >= 11 is 0. The standard InChI is InChI=1S/C20H23N5O6S/c21-19(22)24-15-8-4-5-13(9-15)18(29)23-11-16(26)25-20(10-17(27)28,12-32(30)31)14-6-2-1-3-7-14/h1-9,32H,10-12H2,(H,23,29)(H,25,26)(H,27,28)(H4,21,22,24). The minimum atomic E-state index is -3.04. The molecule has 12 heteroatoms. The molecule has 1 unspecified atom stereocenters. The van der Waals surface area contributed by atoms with Crippen LogP contribution in [0.2, 0.25) is 0 Å². The van der Waals surface area contributed by atoms with E-state index >= 15 is 0 Å². The molecular formula is C20H23N5O6S. The van der Waals surface area contributed by atoms with Gasteiger partial charge < -0.3 is 26.8 Å². The molecule has 0 radical (unpaired) electrons. The maximum absolute atomic E-state index is 12.6. The SMILES string of the molecule is N=C(N)Nc1cccc(C(=O)NCC(=O)NC(CC(=O)O)(C[SH](=O)=O)c2ccccc2)c1. The second kappa shape index (κ2) is 10.9. The molecule has 0 heterocycles. The van der Waals surface area contributed by atoms with Crippen molar-refractivity contribution >= 4 is 40.1 Å². The third-order valence-electron chi connectivity index (χ3n) is 4.37. The quantitative estimate of drug-likeness (QED) is 0.144. The zero-order valence-electron chi connectivity index (χ0n) is 16.8. The Kier molecular flexibility index (Phi) is 8.30. The van der Waals surface area contributed by atoms with Gasteiger partial charge in [-0.1, -0.05) is 36.4 Å².